The maximum atomic E-state index is 8.62. The Bertz CT molecular complexity index is 385. The monoisotopic (exact) mass is 188 g/mol. The molecule has 0 heterocycles. The summed E-state index contributed by atoms with van der Waals surface area (Å²) in [6.45, 7) is 1.94. The number of aryl methyl sites for hydroxylation is 1. The number of hydrogen-bond donors (Lipinski definition) is 0. The quantitative estimate of drug-likeness (QED) is 0.670. The zero-order valence-corrected chi connectivity index (χ0v) is 8.06. The van der Waals surface area contributed by atoms with E-state index in [2.05, 4.69) is 12.1 Å². The van der Waals surface area contributed by atoms with Crippen LogP contribution in [0.5, 0.6) is 0 Å². The molecule has 0 spiro atoms. The van der Waals surface area contributed by atoms with Crippen LogP contribution in [0.25, 0.3) is 0 Å². The van der Waals surface area contributed by atoms with Crippen LogP contribution in [0.2, 0.25) is 0 Å². The molecule has 0 N–H and O–H groups in total. The van der Waals surface area contributed by atoms with Crippen LogP contribution in [0, 0.1) is 29.6 Å². The van der Waals surface area contributed by atoms with Crippen molar-refractivity contribution < 1.29 is 0 Å². The van der Waals surface area contributed by atoms with E-state index in [0.717, 1.165) is 10.5 Å². The Hall–Kier alpha value is -1.45. The summed E-state index contributed by atoms with van der Waals surface area (Å²) < 4.78 is 0. The predicted molar refractivity (Wildman–Crippen MR) is 52.2 cm³/mol. The van der Waals surface area contributed by atoms with Crippen LogP contribution in [-0.2, 0) is 0 Å². The molecule has 0 aliphatic heterocycles. The molecule has 64 valence electrons. The Kier molecular flexibility index (Phi) is 3.37. The fourth-order valence-corrected chi connectivity index (χ4v) is 1.66. The second kappa shape index (κ2) is 4.54. The van der Waals surface area contributed by atoms with Gasteiger partial charge in [-0.2, -0.15) is 10.5 Å². The number of rotatable bonds is 2. The first-order valence-corrected chi connectivity index (χ1v) is 4.77. The van der Waals surface area contributed by atoms with Crippen LogP contribution in [0.4, 0.5) is 0 Å². The SMILES string of the molecule is Cc1cc(C#N)ccc1SCC#N. The molecule has 3 heteroatoms. The molecule has 0 saturated heterocycles. The third kappa shape index (κ3) is 2.50. The molecule has 0 bridgehead atoms. The van der Waals surface area contributed by atoms with Crippen molar-refractivity contribution in [3.63, 3.8) is 0 Å². The lowest BCUT2D eigenvalue weighted by molar-refractivity contribution is 1.29. The highest BCUT2D eigenvalue weighted by molar-refractivity contribution is 7.99. The van der Waals surface area contributed by atoms with Crippen molar-refractivity contribution in [3.05, 3.63) is 29.3 Å². The number of hydrogen-bond acceptors (Lipinski definition) is 3. The zero-order chi connectivity index (χ0) is 9.68. The van der Waals surface area contributed by atoms with Gasteiger partial charge in [0.05, 0.1) is 23.5 Å². The molecule has 1 aromatic carbocycles. The van der Waals surface area contributed by atoms with Crippen molar-refractivity contribution in [1.82, 2.24) is 0 Å². The van der Waals surface area contributed by atoms with Gasteiger partial charge in [-0.15, -0.1) is 11.8 Å². The van der Waals surface area contributed by atoms with Crippen LogP contribution in [-0.4, -0.2) is 5.75 Å². The molecule has 1 rings (SSSR count). The van der Waals surface area contributed by atoms with Crippen molar-refractivity contribution in [1.29, 1.82) is 10.5 Å². The molecule has 0 radical (unpaired) electrons. The minimum absolute atomic E-state index is 0.451. The Balaban J connectivity index is 2.88. The Labute approximate surface area is 81.8 Å². The average molecular weight is 188 g/mol. The first kappa shape index (κ1) is 9.64. The molecule has 0 aromatic heterocycles. The van der Waals surface area contributed by atoms with E-state index in [4.69, 9.17) is 10.5 Å². The Morgan fingerprint density at radius 2 is 2.15 bits per heavy atom. The number of nitriles is 2. The van der Waals surface area contributed by atoms with E-state index in [-0.39, 0.29) is 0 Å². The second-order valence-corrected chi connectivity index (χ2v) is 3.56. The third-order valence-electron chi connectivity index (χ3n) is 1.60. The highest BCUT2D eigenvalue weighted by atomic mass is 32.2. The predicted octanol–water partition coefficient (Wildman–Crippen LogP) is 2.48. The third-order valence-corrected chi connectivity index (χ3v) is 2.64. The van der Waals surface area contributed by atoms with Crippen LogP contribution in [0.3, 0.4) is 0 Å². The minimum atomic E-state index is 0.451. The highest BCUT2D eigenvalue weighted by Gasteiger charge is 1.99. The van der Waals surface area contributed by atoms with Crippen molar-refractivity contribution in [2.45, 2.75) is 11.8 Å². The van der Waals surface area contributed by atoms with Gasteiger partial charge in [0.2, 0.25) is 0 Å². The maximum absolute atomic E-state index is 8.62. The normalized spacial score (nSPS) is 8.85. The summed E-state index contributed by atoms with van der Waals surface area (Å²) in [5, 5.41) is 17.0. The Morgan fingerprint density at radius 1 is 1.38 bits per heavy atom. The largest absolute Gasteiger partial charge is 0.197 e. The maximum Gasteiger partial charge on any atom is 0.0991 e. The number of thioether (sulfide) groups is 1. The molecule has 0 fully saturated rings. The van der Waals surface area contributed by atoms with Crippen molar-refractivity contribution in [2.24, 2.45) is 0 Å². The Morgan fingerprint density at radius 3 is 2.69 bits per heavy atom. The lowest BCUT2D eigenvalue weighted by atomic mass is 10.2. The summed E-state index contributed by atoms with van der Waals surface area (Å²) in [6, 6.07) is 9.64. The topological polar surface area (TPSA) is 47.6 Å². The summed E-state index contributed by atoms with van der Waals surface area (Å²) in [4.78, 5) is 1.07. The number of nitrogens with zero attached hydrogens (tertiary/aromatic N) is 2. The molecular weight excluding hydrogens is 180 g/mol. The van der Waals surface area contributed by atoms with Crippen molar-refractivity contribution in [3.8, 4) is 12.1 Å². The van der Waals surface area contributed by atoms with Crippen molar-refractivity contribution in [2.75, 3.05) is 5.75 Å². The molecule has 0 atom stereocenters. The van der Waals surface area contributed by atoms with E-state index in [1.807, 2.05) is 19.1 Å². The van der Waals surface area contributed by atoms with Crippen LogP contribution in [0.15, 0.2) is 23.1 Å². The molecule has 0 aliphatic rings. The lowest BCUT2D eigenvalue weighted by Gasteiger charge is -2.01. The highest BCUT2D eigenvalue weighted by Crippen LogP contribution is 2.22. The van der Waals surface area contributed by atoms with Gasteiger partial charge in [-0.1, -0.05) is 0 Å². The molecule has 0 unspecified atom stereocenters. The summed E-state index contributed by atoms with van der Waals surface area (Å²) in [5.41, 5.74) is 1.72. The molecule has 0 aliphatic carbocycles. The van der Waals surface area contributed by atoms with Crippen LogP contribution in [0.1, 0.15) is 11.1 Å². The summed E-state index contributed by atoms with van der Waals surface area (Å²) >= 11 is 1.50. The van der Waals surface area contributed by atoms with Gasteiger partial charge >= 0.3 is 0 Å². The van der Waals surface area contributed by atoms with Gasteiger partial charge in [-0.3, -0.25) is 0 Å². The van der Waals surface area contributed by atoms with E-state index < -0.39 is 0 Å². The fourth-order valence-electron chi connectivity index (χ4n) is 0.991. The van der Waals surface area contributed by atoms with Gasteiger partial charge in [0.15, 0.2) is 0 Å². The standard InChI is InChI=1S/C10H8N2S/c1-8-6-9(7-12)2-3-10(8)13-5-4-11/h2-3,6H,5H2,1H3. The molecule has 0 saturated carbocycles. The first-order valence-electron chi connectivity index (χ1n) is 3.78. The summed E-state index contributed by atoms with van der Waals surface area (Å²) in [5.74, 6) is 0.451. The van der Waals surface area contributed by atoms with E-state index >= 15 is 0 Å². The second-order valence-electron chi connectivity index (χ2n) is 2.54. The van der Waals surface area contributed by atoms with Gasteiger partial charge in [0, 0.05) is 4.90 Å². The summed E-state index contributed by atoms with van der Waals surface area (Å²) in [6.07, 6.45) is 0. The average Bonchev–Trinajstić information content (AvgIpc) is 2.16. The van der Waals surface area contributed by atoms with Gasteiger partial charge in [0.1, 0.15) is 0 Å². The summed E-state index contributed by atoms with van der Waals surface area (Å²) in [7, 11) is 0. The van der Waals surface area contributed by atoms with Gasteiger partial charge in [-0.25, -0.2) is 0 Å². The molecule has 0 amide bonds. The van der Waals surface area contributed by atoms with Crippen LogP contribution < -0.4 is 0 Å². The molecule has 1 aromatic rings. The van der Waals surface area contributed by atoms with E-state index in [9.17, 15) is 0 Å². The minimum Gasteiger partial charge on any atom is -0.197 e. The van der Waals surface area contributed by atoms with Crippen molar-refractivity contribution >= 4 is 11.8 Å². The van der Waals surface area contributed by atoms with E-state index in [1.165, 1.54) is 11.8 Å². The number of benzene rings is 1. The van der Waals surface area contributed by atoms with Gasteiger partial charge in [0.25, 0.3) is 0 Å². The van der Waals surface area contributed by atoms with E-state index in [1.54, 1.807) is 6.07 Å². The van der Waals surface area contributed by atoms with Gasteiger partial charge in [-0.05, 0) is 30.7 Å². The van der Waals surface area contributed by atoms with Gasteiger partial charge < -0.3 is 0 Å². The smallest absolute Gasteiger partial charge is 0.0991 e. The lowest BCUT2D eigenvalue weighted by Crippen LogP contribution is -1.83. The first-order chi connectivity index (χ1) is 6.27. The zero-order valence-electron chi connectivity index (χ0n) is 7.24. The molecule has 13 heavy (non-hydrogen) atoms. The van der Waals surface area contributed by atoms with Crippen LogP contribution >= 0.6 is 11.8 Å². The fraction of sp³-hybridized carbons (Fsp3) is 0.200. The molecular formula is C10H8N2S. The molecule has 2 nitrogen and oxygen atoms in total. The van der Waals surface area contributed by atoms with E-state index in [0.29, 0.717) is 11.3 Å².